The molecule has 98 valence electrons. The number of benzene rings is 1. The molecule has 0 amide bonds. The molecule has 18 heavy (non-hydrogen) atoms. The Balaban J connectivity index is 3.44. The van der Waals surface area contributed by atoms with Crippen LogP contribution in [0.15, 0.2) is 22.7 Å². The van der Waals surface area contributed by atoms with Crippen molar-refractivity contribution >= 4 is 27.9 Å². The molecule has 0 aliphatic heterocycles. The van der Waals surface area contributed by atoms with E-state index in [1.54, 1.807) is 6.07 Å². The zero-order chi connectivity index (χ0) is 13.9. The van der Waals surface area contributed by atoms with Gasteiger partial charge < -0.3 is 9.47 Å². The number of methoxy groups -OCH3 is 2. The lowest BCUT2D eigenvalue weighted by Gasteiger charge is -2.25. The zero-order valence-corrected chi connectivity index (χ0v) is 12.3. The second kappa shape index (κ2) is 5.52. The molecule has 0 heterocycles. The number of carbonyl (C=O) groups excluding carboxylic acids is 2. The fraction of sp³-hybridized carbons (Fsp3) is 0.385. The minimum atomic E-state index is -1.48. The van der Waals surface area contributed by atoms with Gasteiger partial charge in [-0.2, -0.15) is 0 Å². The van der Waals surface area contributed by atoms with Crippen molar-refractivity contribution in [1.82, 2.24) is 0 Å². The van der Waals surface area contributed by atoms with Gasteiger partial charge in [-0.3, -0.25) is 9.59 Å². The third-order valence-corrected chi connectivity index (χ3v) is 3.51. The Morgan fingerprint density at radius 2 is 1.67 bits per heavy atom. The number of halogens is 1. The molecule has 0 aliphatic rings. The topological polar surface area (TPSA) is 52.6 Å². The lowest BCUT2D eigenvalue weighted by atomic mass is 9.82. The highest BCUT2D eigenvalue weighted by Gasteiger charge is 2.46. The molecule has 0 bridgehead atoms. The maximum atomic E-state index is 11.9. The molecule has 4 nitrogen and oxygen atoms in total. The summed E-state index contributed by atoms with van der Waals surface area (Å²) in [6.07, 6.45) is 0. The fourth-order valence-electron chi connectivity index (χ4n) is 1.74. The van der Waals surface area contributed by atoms with Crippen LogP contribution in [0.1, 0.15) is 18.1 Å². The van der Waals surface area contributed by atoms with Gasteiger partial charge in [0, 0.05) is 4.47 Å². The van der Waals surface area contributed by atoms with Crippen molar-refractivity contribution in [2.45, 2.75) is 19.3 Å². The van der Waals surface area contributed by atoms with Gasteiger partial charge >= 0.3 is 11.9 Å². The second-order valence-electron chi connectivity index (χ2n) is 4.09. The Labute approximate surface area is 114 Å². The van der Waals surface area contributed by atoms with E-state index >= 15 is 0 Å². The number of hydrogen-bond acceptors (Lipinski definition) is 4. The maximum absolute atomic E-state index is 11.9. The van der Waals surface area contributed by atoms with Gasteiger partial charge in [-0.05, 0) is 31.0 Å². The van der Waals surface area contributed by atoms with E-state index in [9.17, 15) is 9.59 Å². The summed E-state index contributed by atoms with van der Waals surface area (Å²) in [4.78, 5) is 23.9. The molecule has 0 spiro atoms. The Morgan fingerprint density at radius 3 is 2.06 bits per heavy atom. The van der Waals surface area contributed by atoms with Crippen LogP contribution in [0.5, 0.6) is 0 Å². The first-order valence-corrected chi connectivity index (χ1v) is 6.10. The largest absolute Gasteiger partial charge is 0.468 e. The summed E-state index contributed by atoms with van der Waals surface area (Å²) in [5.41, 5.74) is 0.0604. The number of carbonyl (C=O) groups is 2. The second-order valence-corrected chi connectivity index (χ2v) is 4.95. The van der Waals surface area contributed by atoms with E-state index in [4.69, 9.17) is 9.47 Å². The monoisotopic (exact) mass is 314 g/mol. The van der Waals surface area contributed by atoms with E-state index in [-0.39, 0.29) is 0 Å². The highest BCUT2D eigenvalue weighted by Crippen LogP contribution is 2.33. The summed E-state index contributed by atoms with van der Waals surface area (Å²) in [6, 6.07) is 5.37. The molecule has 1 aromatic rings. The van der Waals surface area contributed by atoms with Crippen molar-refractivity contribution in [2.24, 2.45) is 0 Å². The minimum absolute atomic E-state index is 0.520. The van der Waals surface area contributed by atoms with Crippen molar-refractivity contribution in [3.8, 4) is 0 Å². The van der Waals surface area contributed by atoms with Gasteiger partial charge in [0.1, 0.15) is 0 Å². The van der Waals surface area contributed by atoms with Gasteiger partial charge in [-0.25, -0.2) is 0 Å². The summed E-state index contributed by atoms with van der Waals surface area (Å²) in [5, 5.41) is 0. The van der Waals surface area contributed by atoms with Crippen LogP contribution in [0.4, 0.5) is 0 Å². The van der Waals surface area contributed by atoms with Crippen molar-refractivity contribution in [3.05, 3.63) is 33.8 Å². The molecule has 0 unspecified atom stereocenters. The summed E-state index contributed by atoms with van der Waals surface area (Å²) < 4.78 is 10.1. The molecule has 0 aromatic heterocycles. The molecule has 0 saturated heterocycles. The van der Waals surface area contributed by atoms with Gasteiger partial charge in [0.25, 0.3) is 0 Å². The van der Waals surface area contributed by atoms with Crippen LogP contribution in [-0.2, 0) is 24.5 Å². The molecule has 0 fully saturated rings. The molecule has 0 saturated carbocycles. The van der Waals surface area contributed by atoms with Crippen molar-refractivity contribution in [3.63, 3.8) is 0 Å². The van der Waals surface area contributed by atoms with E-state index in [2.05, 4.69) is 15.9 Å². The first kappa shape index (κ1) is 14.7. The van der Waals surface area contributed by atoms with Gasteiger partial charge in [0.2, 0.25) is 0 Å². The maximum Gasteiger partial charge on any atom is 0.327 e. The molecule has 0 radical (unpaired) electrons. The molecule has 0 atom stereocenters. The molecular weight excluding hydrogens is 300 g/mol. The number of esters is 2. The fourth-order valence-corrected chi connectivity index (χ4v) is 2.63. The van der Waals surface area contributed by atoms with Crippen LogP contribution in [0.3, 0.4) is 0 Å². The average molecular weight is 315 g/mol. The summed E-state index contributed by atoms with van der Waals surface area (Å²) >= 11 is 3.36. The van der Waals surface area contributed by atoms with E-state index in [0.29, 0.717) is 10.0 Å². The van der Waals surface area contributed by atoms with E-state index in [0.717, 1.165) is 5.56 Å². The summed E-state index contributed by atoms with van der Waals surface area (Å²) in [7, 11) is 2.48. The van der Waals surface area contributed by atoms with E-state index < -0.39 is 17.4 Å². The third kappa shape index (κ3) is 2.41. The standard InChI is InChI=1S/C13H15BrO4/c1-8-5-6-9(10(14)7-8)13(2,11(15)17-3)12(16)18-4/h5-7H,1-4H3. The first-order chi connectivity index (χ1) is 8.37. The third-order valence-electron chi connectivity index (χ3n) is 2.85. The zero-order valence-electron chi connectivity index (χ0n) is 10.7. The number of rotatable bonds is 3. The van der Waals surface area contributed by atoms with Crippen LogP contribution < -0.4 is 0 Å². The SMILES string of the molecule is COC(=O)C(C)(C(=O)OC)c1ccc(C)cc1Br. The summed E-state index contributed by atoms with van der Waals surface area (Å²) in [5.74, 6) is -1.31. The Bertz CT molecular complexity index is 466. The molecule has 1 aromatic carbocycles. The Hall–Kier alpha value is -1.36. The van der Waals surface area contributed by atoms with E-state index in [1.807, 2.05) is 19.1 Å². The van der Waals surface area contributed by atoms with Crippen LogP contribution in [0, 0.1) is 6.92 Å². The van der Waals surface area contributed by atoms with Gasteiger partial charge in [-0.15, -0.1) is 0 Å². The number of aryl methyl sites for hydroxylation is 1. The molecule has 1 rings (SSSR count). The van der Waals surface area contributed by atoms with Crippen LogP contribution in [0.25, 0.3) is 0 Å². The number of ether oxygens (including phenoxy) is 2. The first-order valence-electron chi connectivity index (χ1n) is 5.31. The van der Waals surface area contributed by atoms with Gasteiger partial charge in [0.15, 0.2) is 5.41 Å². The van der Waals surface area contributed by atoms with Crippen LogP contribution in [0.2, 0.25) is 0 Å². The van der Waals surface area contributed by atoms with Gasteiger partial charge in [0.05, 0.1) is 14.2 Å². The smallest absolute Gasteiger partial charge is 0.327 e. The lowest BCUT2D eigenvalue weighted by Crippen LogP contribution is -2.43. The van der Waals surface area contributed by atoms with E-state index in [1.165, 1.54) is 21.1 Å². The predicted octanol–water partition coefficient (Wildman–Crippen LogP) is 2.36. The van der Waals surface area contributed by atoms with Crippen LogP contribution >= 0.6 is 15.9 Å². The Kier molecular flexibility index (Phi) is 4.51. The van der Waals surface area contributed by atoms with Crippen molar-refractivity contribution in [1.29, 1.82) is 0 Å². The van der Waals surface area contributed by atoms with Gasteiger partial charge in [-0.1, -0.05) is 28.1 Å². The highest BCUT2D eigenvalue weighted by molar-refractivity contribution is 9.10. The molecular formula is C13H15BrO4. The summed E-state index contributed by atoms with van der Waals surface area (Å²) in [6.45, 7) is 3.41. The quantitative estimate of drug-likeness (QED) is 0.635. The predicted molar refractivity (Wildman–Crippen MR) is 70.3 cm³/mol. The van der Waals surface area contributed by atoms with Crippen molar-refractivity contribution in [2.75, 3.05) is 14.2 Å². The van der Waals surface area contributed by atoms with Crippen molar-refractivity contribution < 1.29 is 19.1 Å². The number of hydrogen-bond donors (Lipinski definition) is 0. The van der Waals surface area contributed by atoms with Crippen LogP contribution in [-0.4, -0.2) is 26.2 Å². The molecule has 5 heteroatoms. The highest BCUT2D eigenvalue weighted by atomic mass is 79.9. The lowest BCUT2D eigenvalue weighted by molar-refractivity contribution is -0.161. The normalized spacial score (nSPS) is 10.9. The average Bonchev–Trinajstić information content (AvgIpc) is 2.35. The minimum Gasteiger partial charge on any atom is -0.468 e. The Morgan fingerprint density at radius 1 is 1.17 bits per heavy atom. The molecule has 0 N–H and O–H groups in total. The molecule has 0 aliphatic carbocycles.